The van der Waals surface area contributed by atoms with E-state index in [9.17, 15) is 9.18 Å². The number of nitrogens with one attached hydrogen (secondary N) is 1. The molecule has 0 radical (unpaired) electrons. The number of nitrogen functional groups attached to an aromatic ring is 1. The van der Waals surface area contributed by atoms with Crippen molar-refractivity contribution < 1.29 is 4.39 Å². The van der Waals surface area contributed by atoms with Gasteiger partial charge in [0.25, 0.3) is 11.3 Å². The number of H-pyrrole nitrogens is 1. The number of nitrogens with zero attached hydrogens (tertiary/aromatic N) is 7. The number of aromatic nitrogens is 8. The first-order valence-corrected chi connectivity index (χ1v) is 8.00. The maximum Gasteiger partial charge on any atom is 0.274 e. The number of anilines is 1. The highest BCUT2D eigenvalue weighted by molar-refractivity contribution is 7.98. The van der Waals surface area contributed by atoms with E-state index in [1.807, 2.05) is 0 Å². The smallest absolute Gasteiger partial charge is 0.274 e. The Hall–Kier alpha value is -3.28. The molecule has 4 rings (SSSR count). The molecular formula is C13H10FN9OS. The third-order valence-corrected chi connectivity index (χ3v) is 4.20. The number of hydrogen-bond acceptors (Lipinski definition) is 8. The number of halogens is 1. The lowest BCUT2D eigenvalue weighted by molar-refractivity contribution is 0.623. The Kier molecular flexibility index (Phi) is 3.65. The lowest BCUT2D eigenvalue weighted by atomic mass is 10.3. The van der Waals surface area contributed by atoms with Crippen LogP contribution in [0, 0.1) is 5.82 Å². The van der Waals surface area contributed by atoms with Gasteiger partial charge in [-0.05, 0) is 28.6 Å². The molecule has 3 aromatic heterocycles. The summed E-state index contributed by atoms with van der Waals surface area (Å²) < 4.78 is 15.9. The maximum atomic E-state index is 13.4. The highest BCUT2D eigenvalue weighted by Crippen LogP contribution is 2.21. The van der Waals surface area contributed by atoms with Crippen molar-refractivity contribution in [3.05, 3.63) is 52.2 Å². The van der Waals surface area contributed by atoms with Crippen LogP contribution in [0.3, 0.4) is 0 Å². The van der Waals surface area contributed by atoms with Gasteiger partial charge >= 0.3 is 0 Å². The molecule has 12 heteroatoms. The number of tetrazole rings is 1. The van der Waals surface area contributed by atoms with Crippen LogP contribution in [-0.2, 0) is 5.75 Å². The molecule has 0 aliphatic carbocycles. The molecule has 0 unspecified atom stereocenters. The molecule has 25 heavy (non-hydrogen) atoms. The topological polar surface area (TPSA) is 133 Å². The van der Waals surface area contributed by atoms with Crippen molar-refractivity contribution in [2.24, 2.45) is 0 Å². The molecule has 0 aliphatic rings. The van der Waals surface area contributed by atoms with Gasteiger partial charge in [0, 0.05) is 11.8 Å². The van der Waals surface area contributed by atoms with Gasteiger partial charge in [-0.1, -0.05) is 17.8 Å². The number of rotatable bonds is 4. The van der Waals surface area contributed by atoms with E-state index in [1.54, 1.807) is 12.1 Å². The van der Waals surface area contributed by atoms with E-state index in [0.29, 0.717) is 22.3 Å². The van der Waals surface area contributed by atoms with Gasteiger partial charge in [0.1, 0.15) is 5.82 Å². The molecule has 3 N–H and O–H groups in total. The molecule has 0 spiro atoms. The van der Waals surface area contributed by atoms with Gasteiger partial charge in [0.15, 0.2) is 0 Å². The van der Waals surface area contributed by atoms with Crippen molar-refractivity contribution in [1.29, 1.82) is 0 Å². The molecular weight excluding hydrogens is 349 g/mol. The fourth-order valence-electron chi connectivity index (χ4n) is 2.20. The predicted octanol–water partition coefficient (Wildman–Crippen LogP) is 0.407. The lowest BCUT2D eigenvalue weighted by Crippen LogP contribution is -2.15. The molecule has 0 aliphatic heterocycles. The summed E-state index contributed by atoms with van der Waals surface area (Å²) in [5, 5.41) is 14.4. The summed E-state index contributed by atoms with van der Waals surface area (Å²) in [6.45, 7) is 0. The zero-order valence-electron chi connectivity index (χ0n) is 12.5. The van der Waals surface area contributed by atoms with Gasteiger partial charge in [0.05, 0.1) is 11.4 Å². The van der Waals surface area contributed by atoms with E-state index in [-0.39, 0.29) is 23.1 Å². The normalized spacial score (nSPS) is 11.2. The van der Waals surface area contributed by atoms with E-state index in [0.717, 1.165) is 4.52 Å². The van der Waals surface area contributed by atoms with Crippen molar-refractivity contribution in [2.45, 2.75) is 10.9 Å². The van der Waals surface area contributed by atoms with Gasteiger partial charge in [-0.3, -0.25) is 9.89 Å². The Bertz CT molecular complexity index is 1120. The first-order valence-electron chi connectivity index (χ1n) is 7.01. The van der Waals surface area contributed by atoms with Crippen LogP contribution in [0.15, 0.2) is 40.3 Å². The fraction of sp³-hybridized carbons (Fsp3) is 0.0769. The summed E-state index contributed by atoms with van der Waals surface area (Å²) in [4.78, 5) is 20.2. The summed E-state index contributed by atoms with van der Waals surface area (Å²) in [5.41, 5.74) is 6.19. The molecule has 0 saturated heterocycles. The first kappa shape index (κ1) is 15.3. The molecule has 1 aromatic carbocycles. The van der Waals surface area contributed by atoms with Crippen LogP contribution >= 0.6 is 11.8 Å². The summed E-state index contributed by atoms with van der Waals surface area (Å²) >= 11 is 1.26. The Morgan fingerprint density at radius 3 is 3.00 bits per heavy atom. The van der Waals surface area contributed by atoms with E-state index in [1.165, 1.54) is 34.6 Å². The number of aromatic amines is 1. The molecule has 10 nitrogen and oxygen atoms in total. The number of benzene rings is 1. The van der Waals surface area contributed by atoms with E-state index >= 15 is 0 Å². The Labute approximate surface area is 142 Å². The Balaban J connectivity index is 1.60. The van der Waals surface area contributed by atoms with Crippen molar-refractivity contribution in [3.8, 4) is 5.69 Å². The number of fused-ring (bicyclic) bond motifs is 1. The third-order valence-electron chi connectivity index (χ3n) is 3.24. The molecule has 0 amide bonds. The van der Waals surface area contributed by atoms with Gasteiger partial charge in [0.2, 0.25) is 11.1 Å². The molecule has 0 saturated carbocycles. The average Bonchev–Trinajstić information content (AvgIpc) is 3.19. The molecule has 126 valence electrons. The monoisotopic (exact) mass is 359 g/mol. The second kappa shape index (κ2) is 5.98. The second-order valence-electron chi connectivity index (χ2n) is 4.97. The number of hydrogen-bond donors (Lipinski definition) is 2. The van der Waals surface area contributed by atoms with Crippen LogP contribution in [0.25, 0.3) is 11.5 Å². The zero-order chi connectivity index (χ0) is 17.4. The predicted molar refractivity (Wildman–Crippen MR) is 86.7 cm³/mol. The minimum absolute atomic E-state index is 0.101. The minimum Gasteiger partial charge on any atom is -0.368 e. The van der Waals surface area contributed by atoms with Crippen molar-refractivity contribution in [3.63, 3.8) is 0 Å². The molecule has 0 fully saturated rings. The molecule has 0 bridgehead atoms. The van der Waals surface area contributed by atoms with Gasteiger partial charge < -0.3 is 5.73 Å². The van der Waals surface area contributed by atoms with Crippen LogP contribution < -0.4 is 11.3 Å². The van der Waals surface area contributed by atoms with Crippen molar-refractivity contribution in [1.82, 2.24) is 39.8 Å². The number of nitrogens with two attached hydrogens (primary N) is 1. The quantitative estimate of drug-likeness (QED) is 0.501. The lowest BCUT2D eigenvalue weighted by Gasteiger charge is -2.04. The van der Waals surface area contributed by atoms with Crippen LogP contribution in [0.5, 0.6) is 0 Å². The van der Waals surface area contributed by atoms with Crippen LogP contribution in [0.1, 0.15) is 5.69 Å². The van der Waals surface area contributed by atoms with Gasteiger partial charge in [-0.25, -0.2) is 9.37 Å². The SMILES string of the molecule is Nc1nc2nc(CSc3nnnn3-c3cccc(F)c3)cc(=O)n2[nH]1. The molecule has 0 atom stereocenters. The van der Waals surface area contributed by atoms with Crippen LogP contribution in [-0.4, -0.2) is 39.8 Å². The van der Waals surface area contributed by atoms with Crippen LogP contribution in [0.2, 0.25) is 0 Å². The third kappa shape index (κ3) is 2.94. The Morgan fingerprint density at radius 2 is 2.16 bits per heavy atom. The first-order chi connectivity index (χ1) is 12.1. The second-order valence-corrected chi connectivity index (χ2v) is 5.91. The summed E-state index contributed by atoms with van der Waals surface area (Å²) in [7, 11) is 0. The highest BCUT2D eigenvalue weighted by atomic mass is 32.2. The summed E-state index contributed by atoms with van der Waals surface area (Å²) in [5.74, 6) is 0.226. The highest BCUT2D eigenvalue weighted by Gasteiger charge is 2.12. The standard InChI is InChI=1S/C13H10FN9OS/c14-7-2-1-3-9(4-7)22-13(18-20-21-22)25-6-8-5-10(24)23-12(16-8)17-11(15)19-23/h1-5H,6H2,(H3,15,16,17,19). The minimum atomic E-state index is -0.389. The summed E-state index contributed by atoms with van der Waals surface area (Å²) in [6, 6.07) is 7.28. The average molecular weight is 359 g/mol. The van der Waals surface area contributed by atoms with E-state index in [4.69, 9.17) is 5.73 Å². The van der Waals surface area contributed by atoms with Gasteiger partial charge in [-0.15, -0.1) is 5.10 Å². The largest absolute Gasteiger partial charge is 0.368 e. The molecule has 3 heterocycles. The van der Waals surface area contributed by atoms with Crippen molar-refractivity contribution >= 4 is 23.5 Å². The van der Waals surface area contributed by atoms with E-state index < -0.39 is 0 Å². The number of thioether (sulfide) groups is 1. The van der Waals surface area contributed by atoms with E-state index in [2.05, 4.69) is 30.6 Å². The van der Waals surface area contributed by atoms with Crippen molar-refractivity contribution in [2.75, 3.05) is 5.73 Å². The summed E-state index contributed by atoms with van der Waals surface area (Å²) in [6.07, 6.45) is 0. The van der Waals surface area contributed by atoms with Crippen LogP contribution in [0.4, 0.5) is 10.3 Å². The van der Waals surface area contributed by atoms with Gasteiger partial charge in [-0.2, -0.15) is 14.2 Å². The Morgan fingerprint density at radius 1 is 1.28 bits per heavy atom. The molecule has 4 aromatic rings. The maximum absolute atomic E-state index is 13.4. The fourth-order valence-corrected chi connectivity index (χ4v) is 2.98. The zero-order valence-corrected chi connectivity index (χ0v) is 13.3.